The molecule has 1 aromatic rings. The Hall–Kier alpha value is -2.57. The van der Waals surface area contributed by atoms with Crippen LogP contribution in [0, 0.1) is 41.6 Å². The number of aliphatic hydroxyl groups is 6. The van der Waals surface area contributed by atoms with E-state index in [1.54, 1.807) is 13.0 Å². The molecule has 0 saturated heterocycles. The summed E-state index contributed by atoms with van der Waals surface area (Å²) in [5, 5.41) is 54.4. The van der Waals surface area contributed by atoms with Gasteiger partial charge in [0, 0.05) is 39.1 Å². The molecule has 2 aliphatic heterocycles. The number of aromatic hydroxyl groups is 1. The van der Waals surface area contributed by atoms with E-state index in [4.69, 9.17) is 25.3 Å². The van der Waals surface area contributed by atoms with Gasteiger partial charge in [-0.05, 0) is 106 Å². The van der Waals surface area contributed by atoms with Crippen molar-refractivity contribution in [1.29, 1.82) is 0 Å². The molecule has 1 unspecified atom stereocenters. The molecule has 0 radical (unpaired) electrons. The van der Waals surface area contributed by atoms with Crippen molar-refractivity contribution in [2.24, 2.45) is 40.3 Å². The van der Waals surface area contributed by atoms with Crippen LogP contribution in [0.25, 0.3) is 0 Å². The Morgan fingerprint density at radius 2 is 1.86 bits per heavy atom. The van der Waals surface area contributed by atoms with Crippen molar-refractivity contribution < 1.29 is 35.0 Å². The van der Waals surface area contributed by atoms with Crippen molar-refractivity contribution in [1.82, 2.24) is 5.32 Å². The van der Waals surface area contributed by atoms with Crippen molar-refractivity contribution in [2.75, 3.05) is 39.5 Å². The zero-order valence-corrected chi connectivity index (χ0v) is 34.4. The van der Waals surface area contributed by atoms with Gasteiger partial charge in [0.1, 0.15) is 30.4 Å². The van der Waals surface area contributed by atoms with E-state index >= 15 is 0 Å². The third-order valence-electron chi connectivity index (χ3n) is 12.9. The number of hydrogen-bond donors (Lipinski definition) is 7. The summed E-state index contributed by atoms with van der Waals surface area (Å²) in [6.45, 7) is 6.46. The number of benzene rings is 1. The summed E-state index contributed by atoms with van der Waals surface area (Å²) in [6.07, 6.45) is 22.1. The molecule has 56 heavy (non-hydrogen) atoms. The fraction of sp³-hybridized carbons (Fsp3) is 0.717. The minimum Gasteiger partial charge on any atom is -0.504 e. The summed E-state index contributed by atoms with van der Waals surface area (Å²) in [4.78, 5) is 4.92. The predicted molar refractivity (Wildman–Crippen MR) is 224 cm³/mol. The number of aliphatic imine (C=N–C) groups is 1. The maximum atomic E-state index is 11.2. The van der Waals surface area contributed by atoms with Gasteiger partial charge in [-0.3, -0.25) is 0 Å². The van der Waals surface area contributed by atoms with Crippen molar-refractivity contribution in [3.8, 4) is 11.5 Å². The van der Waals surface area contributed by atoms with E-state index in [9.17, 15) is 20.4 Å². The molecule has 4 aliphatic rings. The van der Waals surface area contributed by atoms with Crippen molar-refractivity contribution >= 4 is 5.71 Å². The quantitative estimate of drug-likeness (QED) is 0.0329. The Bertz CT molecular complexity index is 1410. The molecule has 5 rings (SSSR count). The number of nitrogens with zero attached hydrogens (tertiary/aromatic N) is 1. The van der Waals surface area contributed by atoms with Crippen molar-refractivity contribution in [3.05, 3.63) is 59.2 Å². The summed E-state index contributed by atoms with van der Waals surface area (Å²) in [6, 6.07) is 5.39. The topological polar surface area (TPSA) is 174 Å². The van der Waals surface area contributed by atoms with Gasteiger partial charge >= 0.3 is 0 Å². The summed E-state index contributed by atoms with van der Waals surface area (Å²) in [7, 11) is 0. The van der Waals surface area contributed by atoms with Crippen LogP contribution < -0.4 is 15.8 Å². The lowest BCUT2D eigenvalue weighted by atomic mass is 9.77. The molecule has 2 aliphatic carbocycles. The Labute approximate surface area is 337 Å². The molecule has 314 valence electrons. The lowest BCUT2D eigenvalue weighted by Gasteiger charge is -2.26. The van der Waals surface area contributed by atoms with E-state index in [-0.39, 0.29) is 31.7 Å². The van der Waals surface area contributed by atoms with Crippen LogP contribution in [0.15, 0.2) is 46.6 Å². The molecule has 1 aromatic carbocycles. The molecule has 10 heteroatoms. The molecule has 10 nitrogen and oxygen atoms in total. The Kier molecular flexibility index (Phi) is 18.4. The molecule has 2 fully saturated rings. The average molecular weight is 781 g/mol. The van der Waals surface area contributed by atoms with Crippen LogP contribution >= 0.6 is 0 Å². The number of phenolic OH excluding ortho intramolecular Hbond substituents is 1. The molecule has 0 spiro atoms. The number of allylic oxidation sites excluding steroid dienone is 1. The fourth-order valence-electron chi connectivity index (χ4n) is 9.71. The normalized spacial score (nSPS) is 24.2. The number of nitrogens with one attached hydrogen (secondary N) is 1. The maximum absolute atomic E-state index is 11.2. The van der Waals surface area contributed by atoms with E-state index in [1.165, 1.54) is 50.9 Å². The lowest BCUT2D eigenvalue weighted by Crippen LogP contribution is -2.36. The van der Waals surface area contributed by atoms with E-state index in [1.807, 2.05) is 12.1 Å². The first-order valence-corrected chi connectivity index (χ1v) is 22.1. The number of ether oxygens (including phenoxy) is 2. The molecule has 9 N–H and O–H groups in total. The van der Waals surface area contributed by atoms with E-state index in [2.05, 4.69) is 24.4 Å². The molecule has 2 heterocycles. The smallest absolute Gasteiger partial charge is 0.208 e. The number of rotatable bonds is 26. The molecule has 2 saturated carbocycles. The second kappa shape index (κ2) is 23.1. The SMILES string of the molecule is C[C@H](CCCO)CCC[C@@H](CCN)CCCCC1[OH+][C-](CCc2ccc(O)c(OC[C@H](O)C3=C[C+]4C(=N3)CC[C@H]3CCC[C@@H]3[C@@H]4CNC[C@H](C)O)c2)C=C1CO. The third kappa shape index (κ3) is 13.2. The number of aryl methyl sites for hydroxylation is 1. The Morgan fingerprint density at radius 3 is 2.64 bits per heavy atom. The molecule has 0 amide bonds. The van der Waals surface area contributed by atoms with Crippen LogP contribution in [0.2, 0.25) is 0 Å². The predicted octanol–water partition coefficient (Wildman–Crippen LogP) is 6.24. The van der Waals surface area contributed by atoms with Crippen molar-refractivity contribution in [3.63, 3.8) is 0 Å². The monoisotopic (exact) mass is 781 g/mol. The third-order valence-corrected chi connectivity index (χ3v) is 12.9. The van der Waals surface area contributed by atoms with Gasteiger partial charge in [0.05, 0.1) is 18.1 Å². The number of nitrogens with two attached hydrogens (primary N) is 1. The fourth-order valence-corrected chi connectivity index (χ4v) is 9.71. The van der Waals surface area contributed by atoms with Gasteiger partial charge in [-0.2, -0.15) is 0 Å². The van der Waals surface area contributed by atoms with Gasteiger partial charge < -0.3 is 46.1 Å². The summed E-state index contributed by atoms with van der Waals surface area (Å²) < 4.78 is 11.0. The van der Waals surface area contributed by atoms with Crippen LogP contribution in [0.3, 0.4) is 0 Å². The highest BCUT2D eigenvalue weighted by atomic mass is 16.5. The maximum Gasteiger partial charge on any atom is 0.208 e. The second-order valence-corrected chi connectivity index (χ2v) is 17.4. The van der Waals surface area contributed by atoms with Crippen LogP contribution in [0.5, 0.6) is 11.5 Å². The van der Waals surface area contributed by atoms with Crippen LogP contribution in [-0.4, -0.2) is 93.7 Å². The summed E-state index contributed by atoms with van der Waals surface area (Å²) in [5.41, 5.74) is 9.64. The summed E-state index contributed by atoms with van der Waals surface area (Å²) >= 11 is 0. The molecular weight excluding hydrogens is 707 g/mol. The standard InChI is InChI=1S/C46H73N3O7/c1-31(9-7-23-50)8-5-11-33(21-22-47)10-3-4-14-45-36(29-51)25-37(56-45)18-15-34-16-20-43(53)46(24-34)55-30-44(54)42-26-39-40(28-48-27-32(2)52)38-13-6-12-35(38)17-19-41(39)49-42/h16,20,24-26,31-33,35,38,40,44-45,48,50-52,54,56H,3-15,17-19,21-23,27-30,47H2,1-2H3/p+1/t31-,32-,33-,35+,38-,40-,44-,45?/m0/s1. The van der Waals surface area contributed by atoms with Gasteiger partial charge in [-0.25, -0.2) is 0 Å². The van der Waals surface area contributed by atoms with Crippen LogP contribution in [0.4, 0.5) is 0 Å². The van der Waals surface area contributed by atoms with Gasteiger partial charge in [-0.1, -0.05) is 57.9 Å². The number of unbranched alkanes of at least 4 members (excludes halogenated alkanes) is 1. The minimum absolute atomic E-state index is 0.0154. The number of hydrogen-bond acceptors (Lipinski definition) is 9. The highest BCUT2D eigenvalue weighted by Crippen LogP contribution is 2.48. The van der Waals surface area contributed by atoms with E-state index in [0.717, 1.165) is 93.8 Å². The zero-order chi connectivity index (χ0) is 39.9. The Morgan fingerprint density at radius 1 is 1.04 bits per heavy atom. The number of fused-ring (bicyclic) bond motifs is 2. The van der Waals surface area contributed by atoms with Crippen LogP contribution in [-0.2, 0) is 6.42 Å². The van der Waals surface area contributed by atoms with E-state index < -0.39 is 12.2 Å². The second-order valence-electron chi connectivity index (χ2n) is 17.4. The van der Waals surface area contributed by atoms with Crippen LogP contribution in [0.1, 0.15) is 122 Å². The first kappa shape index (κ1) is 44.5. The largest absolute Gasteiger partial charge is 0.504 e. The van der Waals surface area contributed by atoms with E-state index in [0.29, 0.717) is 54.0 Å². The number of aliphatic hydroxyl groups excluding tert-OH is 4. The average Bonchev–Trinajstić information content (AvgIpc) is 3.92. The minimum atomic E-state index is -0.926. The molecular formula is C46H74N3O7+. The molecule has 0 bridgehead atoms. The highest BCUT2D eigenvalue weighted by molar-refractivity contribution is 6.03. The van der Waals surface area contributed by atoms with Crippen molar-refractivity contribution in [2.45, 2.75) is 141 Å². The highest BCUT2D eigenvalue weighted by Gasteiger charge is 2.49. The Balaban J connectivity index is 1.06. The molecule has 0 aromatic heterocycles. The summed E-state index contributed by atoms with van der Waals surface area (Å²) in [5.74, 6) is 4.54. The number of phenols is 1. The van der Waals surface area contributed by atoms with Gasteiger partial charge in [0.25, 0.3) is 0 Å². The van der Waals surface area contributed by atoms with Gasteiger partial charge in [0.15, 0.2) is 17.6 Å². The molecule has 8 atom stereocenters. The first-order chi connectivity index (χ1) is 27.2. The first-order valence-electron chi connectivity index (χ1n) is 22.1. The lowest BCUT2D eigenvalue weighted by molar-refractivity contribution is -0.0553. The van der Waals surface area contributed by atoms with Gasteiger partial charge in [0.2, 0.25) is 5.70 Å². The zero-order valence-electron chi connectivity index (χ0n) is 34.4. The van der Waals surface area contributed by atoms with Gasteiger partial charge in [-0.15, -0.1) is 16.6 Å².